The quantitative estimate of drug-likeness (QED) is 0.339. The molecule has 1 fully saturated rings. The summed E-state index contributed by atoms with van der Waals surface area (Å²) in [4.78, 5) is 24.8. The van der Waals surface area contributed by atoms with E-state index in [1.807, 2.05) is 49.3 Å². The Morgan fingerprint density at radius 3 is 2.76 bits per heavy atom. The van der Waals surface area contributed by atoms with Crippen LogP contribution in [0.4, 0.5) is 9.18 Å². The van der Waals surface area contributed by atoms with Crippen LogP contribution in [0.2, 0.25) is 0 Å². The molecule has 0 spiro atoms. The number of amides is 2. The lowest BCUT2D eigenvalue weighted by molar-refractivity contribution is -0.119. The molecule has 0 bridgehead atoms. The Labute approximate surface area is 193 Å². The number of nitrogens with one attached hydrogen (secondary N) is 2. The van der Waals surface area contributed by atoms with Gasteiger partial charge in [0.1, 0.15) is 11.9 Å². The number of cyclic esters (lactones) is 1. The lowest BCUT2D eigenvalue weighted by Gasteiger charge is -2.25. The Morgan fingerprint density at radius 2 is 2.12 bits per heavy atom. The van der Waals surface area contributed by atoms with E-state index in [1.54, 1.807) is 6.08 Å². The van der Waals surface area contributed by atoms with Crippen molar-refractivity contribution < 1.29 is 18.7 Å². The third-order valence-electron chi connectivity index (χ3n) is 5.63. The van der Waals surface area contributed by atoms with Crippen molar-refractivity contribution in [2.45, 2.75) is 39.1 Å². The second kappa shape index (κ2) is 10.9. The average Bonchev–Trinajstić information content (AvgIpc) is 3.07. The van der Waals surface area contributed by atoms with E-state index in [1.165, 1.54) is 17.9 Å². The highest BCUT2D eigenvalue weighted by Crippen LogP contribution is 2.30. The molecule has 0 aromatic heterocycles. The molecule has 9 heteroatoms. The van der Waals surface area contributed by atoms with Crippen LogP contribution in [0.3, 0.4) is 0 Å². The van der Waals surface area contributed by atoms with Gasteiger partial charge in [-0.25, -0.2) is 9.18 Å². The highest BCUT2D eigenvalue weighted by atomic mass is 19.1. The van der Waals surface area contributed by atoms with E-state index in [-0.39, 0.29) is 25.2 Å². The molecule has 3 rings (SSSR count). The summed E-state index contributed by atoms with van der Waals surface area (Å²) in [5.74, 6) is -0.605. The molecule has 1 aliphatic carbocycles. The van der Waals surface area contributed by atoms with E-state index in [0.717, 1.165) is 11.1 Å². The van der Waals surface area contributed by atoms with E-state index in [0.29, 0.717) is 24.2 Å². The molecule has 1 saturated heterocycles. The SMILES string of the molecule is C=NN(Cc1ccc(C2=C(F)C=C(N3C[C@H](CNC(C)=O)OC3=O)C=CC2)cc1)C(C)NC. The predicted molar refractivity (Wildman–Crippen MR) is 126 cm³/mol. The zero-order valence-corrected chi connectivity index (χ0v) is 19.2. The summed E-state index contributed by atoms with van der Waals surface area (Å²) in [7, 11) is 1.85. The van der Waals surface area contributed by atoms with Gasteiger partial charge in [-0.3, -0.25) is 20.0 Å². The van der Waals surface area contributed by atoms with Crippen molar-refractivity contribution in [3.05, 3.63) is 65.1 Å². The van der Waals surface area contributed by atoms with Crippen LogP contribution in [0.15, 0.2) is 59.1 Å². The molecule has 176 valence electrons. The van der Waals surface area contributed by atoms with Crippen molar-refractivity contribution >= 4 is 24.3 Å². The molecule has 1 aliphatic heterocycles. The number of allylic oxidation sites excluding steroid dienone is 5. The van der Waals surface area contributed by atoms with E-state index < -0.39 is 18.0 Å². The van der Waals surface area contributed by atoms with Gasteiger partial charge in [0, 0.05) is 19.3 Å². The summed E-state index contributed by atoms with van der Waals surface area (Å²) in [5.41, 5.74) is 2.76. The van der Waals surface area contributed by atoms with E-state index in [2.05, 4.69) is 22.5 Å². The summed E-state index contributed by atoms with van der Waals surface area (Å²) >= 11 is 0. The molecule has 2 N–H and O–H groups in total. The van der Waals surface area contributed by atoms with E-state index in [4.69, 9.17) is 4.74 Å². The molecule has 2 aliphatic rings. The molecule has 33 heavy (non-hydrogen) atoms. The summed E-state index contributed by atoms with van der Waals surface area (Å²) in [6.45, 7) is 8.04. The first-order valence-corrected chi connectivity index (χ1v) is 10.8. The van der Waals surface area contributed by atoms with Crippen molar-refractivity contribution in [2.24, 2.45) is 5.10 Å². The minimum absolute atomic E-state index is 0.0352. The number of carbonyl (C=O) groups excluding carboxylic acids is 2. The summed E-state index contributed by atoms with van der Waals surface area (Å²) in [6.07, 6.45) is 4.29. The Morgan fingerprint density at radius 1 is 1.39 bits per heavy atom. The summed E-state index contributed by atoms with van der Waals surface area (Å²) < 4.78 is 20.5. The molecule has 1 unspecified atom stereocenters. The normalized spacial score (nSPS) is 19.0. The maximum absolute atomic E-state index is 15.2. The van der Waals surface area contributed by atoms with Crippen LogP contribution in [0, 0.1) is 0 Å². The van der Waals surface area contributed by atoms with Crippen LogP contribution in [0.5, 0.6) is 0 Å². The number of benzene rings is 1. The van der Waals surface area contributed by atoms with Gasteiger partial charge in [0.05, 0.1) is 25.8 Å². The van der Waals surface area contributed by atoms with Gasteiger partial charge in [-0.05, 0) is 49.2 Å². The van der Waals surface area contributed by atoms with Gasteiger partial charge < -0.3 is 10.1 Å². The minimum atomic E-state index is -0.557. The number of halogens is 1. The van der Waals surface area contributed by atoms with E-state index in [9.17, 15) is 9.59 Å². The number of ether oxygens (including phenoxy) is 1. The Bertz CT molecular complexity index is 986. The van der Waals surface area contributed by atoms with Crippen LogP contribution in [0.25, 0.3) is 5.57 Å². The number of hydrogen-bond acceptors (Lipinski definition) is 6. The van der Waals surface area contributed by atoms with Gasteiger partial charge in [-0.1, -0.05) is 30.3 Å². The molecular weight excluding hydrogens is 425 g/mol. The van der Waals surface area contributed by atoms with Crippen molar-refractivity contribution in [1.82, 2.24) is 20.5 Å². The fourth-order valence-corrected chi connectivity index (χ4v) is 3.64. The van der Waals surface area contributed by atoms with Gasteiger partial charge in [0.25, 0.3) is 0 Å². The van der Waals surface area contributed by atoms with Crippen LogP contribution >= 0.6 is 0 Å². The Kier molecular flexibility index (Phi) is 8.00. The maximum atomic E-state index is 15.2. The Hall–Kier alpha value is -3.46. The molecular formula is C24H30FN5O3. The van der Waals surface area contributed by atoms with Gasteiger partial charge >= 0.3 is 6.09 Å². The molecule has 0 radical (unpaired) electrons. The lowest BCUT2D eigenvalue weighted by Crippen LogP contribution is -2.37. The van der Waals surface area contributed by atoms with Crippen molar-refractivity contribution in [3.8, 4) is 0 Å². The fourth-order valence-electron chi connectivity index (χ4n) is 3.64. The lowest BCUT2D eigenvalue weighted by atomic mass is 10.0. The molecule has 8 nitrogen and oxygen atoms in total. The zero-order valence-electron chi connectivity index (χ0n) is 19.2. The number of hydrazone groups is 1. The first kappa shape index (κ1) is 24.2. The molecule has 2 atom stereocenters. The van der Waals surface area contributed by atoms with Crippen LogP contribution in [0.1, 0.15) is 31.4 Å². The van der Waals surface area contributed by atoms with Gasteiger partial charge in [-0.15, -0.1) is 0 Å². The standard InChI is InChI=1S/C24H30FN5O3/c1-16(26-3)30(27-4)14-18-8-10-19(11-9-18)22-7-5-6-20(12-23(22)25)29-15-21(33-24(29)32)13-28-17(2)31/h5-6,8-12,16,21,26H,4,7,13-15H2,1-3H3,(H,28,31)/t16?,21-/m0/s1. The molecule has 0 saturated carbocycles. The van der Waals surface area contributed by atoms with Crippen LogP contribution in [-0.2, 0) is 16.1 Å². The van der Waals surface area contributed by atoms with Gasteiger partial charge in [-0.2, -0.15) is 5.10 Å². The monoisotopic (exact) mass is 455 g/mol. The minimum Gasteiger partial charge on any atom is -0.442 e. The number of nitrogens with zero attached hydrogens (tertiary/aromatic N) is 3. The number of carbonyl (C=O) groups is 2. The second-order valence-corrected chi connectivity index (χ2v) is 7.96. The largest absolute Gasteiger partial charge is 0.442 e. The number of hydrogen-bond donors (Lipinski definition) is 2. The second-order valence-electron chi connectivity index (χ2n) is 7.96. The zero-order chi connectivity index (χ0) is 24.0. The van der Waals surface area contributed by atoms with Gasteiger partial charge in [0.2, 0.25) is 5.91 Å². The number of rotatable bonds is 9. The molecule has 2 amide bonds. The predicted octanol–water partition coefficient (Wildman–Crippen LogP) is 3.15. The van der Waals surface area contributed by atoms with Crippen LogP contribution < -0.4 is 10.6 Å². The smallest absolute Gasteiger partial charge is 0.414 e. The first-order valence-electron chi connectivity index (χ1n) is 10.8. The van der Waals surface area contributed by atoms with Crippen molar-refractivity contribution in [2.75, 3.05) is 20.1 Å². The molecule has 1 heterocycles. The first-order chi connectivity index (χ1) is 15.8. The fraction of sp³-hybridized carbons (Fsp3) is 0.375. The average molecular weight is 456 g/mol. The van der Waals surface area contributed by atoms with Crippen molar-refractivity contribution in [1.29, 1.82) is 0 Å². The highest BCUT2D eigenvalue weighted by molar-refractivity contribution is 5.76. The molecule has 1 aromatic carbocycles. The molecule has 1 aromatic rings. The van der Waals surface area contributed by atoms with Gasteiger partial charge in [0.15, 0.2) is 0 Å². The topological polar surface area (TPSA) is 86.3 Å². The van der Waals surface area contributed by atoms with Crippen molar-refractivity contribution in [3.63, 3.8) is 0 Å². The van der Waals surface area contributed by atoms with Crippen LogP contribution in [-0.4, -0.2) is 61.0 Å². The maximum Gasteiger partial charge on any atom is 0.414 e. The third kappa shape index (κ3) is 6.07. The summed E-state index contributed by atoms with van der Waals surface area (Å²) in [5, 5.41) is 11.6. The Balaban J connectivity index is 1.74. The van der Waals surface area contributed by atoms with E-state index >= 15 is 4.39 Å². The third-order valence-corrected chi connectivity index (χ3v) is 5.63. The highest BCUT2D eigenvalue weighted by Gasteiger charge is 2.33. The summed E-state index contributed by atoms with van der Waals surface area (Å²) in [6, 6.07) is 7.66.